The second kappa shape index (κ2) is 12.3. The van der Waals surface area contributed by atoms with Crippen LogP contribution in [0.1, 0.15) is 40.2 Å². The maximum atomic E-state index is 12.7. The van der Waals surface area contributed by atoms with Gasteiger partial charge in [-0.15, -0.1) is 0 Å². The molecule has 0 spiro atoms. The first-order valence-electron chi connectivity index (χ1n) is 10.6. The fourth-order valence-electron chi connectivity index (χ4n) is 2.81. The molecule has 11 heteroatoms. The van der Waals surface area contributed by atoms with Gasteiger partial charge in [-0.05, 0) is 33.3 Å². The molecule has 0 aliphatic rings. The molecule has 1 aromatic carbocycles. The molecule has 5 atom stereocenters. The van der Waals surface area contributed by atoms with Gasteiger partial charge >= 0.3 is 0 Å². The zero-order chi connectivity index (χ0) is 25.3. The summed E-state index contributed by atoms with van der Waals surface area (Å²) in [5, 5.41) is 38.7. The molecule has 0 radical (unpaired) electrons. The van der Waals surface area contributed by atoms with Crippen molar-refractivity contribution in [2.24, 2.45) is 0 Å². The zero-order valence-electron chi connectivity index (χ0n) is 19.5. The van der Waals surface area contributed by atoms with Crippen LogP contribution in [-0.4, -0.2) is 75.0 Å². The third kappa shape index (κ3) is 9.56. The quantitative estimate of drug-likeness (QED) is 0.190. The monoisotopic (exact) mass is 466 g/mol. The van der Waals surface area contributed by atoms with Gasteiger partial charge in [0.05, 0.1) is 12.1 Å². The van der Waals surface area contributed by atoms with Crippen LogP contribution in [0.4, 0.5) is 0 Å². The van der Waals surface area contributed by atoms with E-state index in [2.05, 4.69) is 21.3 Å². The van der Waals surface area contributed by atoms with Crippen LogP contribution < -0.4 is 21.3 Å². The van der Waals surface area contributed by atoms with Gasteiger partial charge in [-0.25, -0.2) is 0 Å². The van der Waals surface area contributed by atoms with Crippen LogP contribution in [0.5, 0.6) is 0 Å². The van der Waals surface area contributed by atoms with E-state index in [1.807, 2.05) is 6.07 Å². The number of aliphatic hydroxyl groups is 3. The van der Waals surface area contributed by atoms with Crippen molar-refractivity contribution < 1.29 is 34.5 Å². The normalized spacial score (nSPS) is 15.9. The minimum atomic E-state index is -2.21. The fraction of sp³-hybridized carbons (Fsp3) is 0.545. The van der Waals surface area contributed by atoms with Crippen molar-refractivity contribution in [3.8, 4) is 0 Å². The van der Waals surface area contributed by atoms with Crippen molar-refractivity contribution in [2.75, 3.05) is 0 Å². The van der Waals surface area contributed by atoms with Crippen molar-refractivity contribution in [3.05, 3.63) is 35.9 Å². The summed E-state index contributed by atoms with van der Waals surface area (Å²) in [6.07, 6.45) is -1.10. The van der Waals surface area contributed by atoms with Crippen molar-refractivity contribution in [1.29, 1.82) is 0 Å². The topological polar surface area (TPSA) is 177 Å². The Labute approximate surface area is 192 Å². The second-order valence-corrected chi connectivity index (χ2v) is 8.22. The van der Waals surface area contributed by atoms with Gasteiger partial charge in [0.1, 0.15) is 18.1 Å². The SMILES string of the molecule is CC(=O)N[C@@H](Cc1ccccc1)C(=O)N[C@@H](C)C(=O)N[C@H](C(=O)N[C@@H](C)C(C)(O)O)[C@@H](C)O. The average Bonchev–Trinajstić information content (AvgIpc) is 2.70. The summed E-state index contributed by atoms with van der Waals surface area (Å²) in [6, 6.07) is 4.50. The van der Waals surface area contributed by atoms with E-state index < -0.39 is 59.7 Å². The molecule has 0 fully saturated rings. The van der Waals surface area contributed by atoms with Gasteiger partial charge in [-0.1, -0.05) is 30.3 Å². The van der Waals surface area contributed by atoms with Crippen molar-refractivity contribution in [2.45, 2.75) is 77.1 Å². The Morgan fingerprint density at radius 1 is 0.879 bits per heavy atom. The highest BCUT2D eigenvalue weighted by molar-refractivity contribution is 5.94. The van der Waals surface area contributed by atoms with Crippen molar-refractivity contribution in [1.82, 2.24) is 21.3 Å². The molecule has 0 bridgehead atoms. The Kier molecular flexibility index (Phi) is 10.4. The summed E-state index contributed by atoms with van der Waals surface area (Å²) >= 11 is 0. The minimum Gasteiger partial charge on any atom is -0.391 e. The Bertz CT molecular complexity index is 824. The van der Waals surface area contributed by atoms with E-state index >= 15 is 0 Å². The van der Waals surface area contributed by atoms with E-state index in [9.17, 15) is 34.5 Å². The molecule has 0 saturated heterocycles. The lowest BCUT2D eigenvalue weighted by Crippen LogP contribution is -2.60. The molecule has 7 N–H and O–H groups in total. The Morgan fingerprint density at radius 2 is 1.45 bits per heavy atom. The van der Waals surface area contributed by atoms with Gasteiger partial charge < -0.3 is 36.6 Å². The molecule has 0 heterocycles. The maximum Gasteiger partial charge on any atom is 0.245 e. The lowest BCUT2D eigenvalue weighted by atomic mass is 10.0. The Morgan fingerprint density at radius 3 is 1.94 bits per heavy atom. The van der Waals surface area contributed by atoms with E-state index in [4.69, 9.17) is 0 Å². The molecule has 0 unspecified atom stereocenters. The highest BCUT2D eigenvalue weighted by Crippen LogP contribution is 2.06. The van der Waals surface area contributed by atoms with Gasteiger partial charge in [-0.2, -0.15) is 0 Å². The molecule has 0 saturated carbocycles. The van der Waals surface area contributed by atoms with Crippen LogP contribution in [0, 0.1) is 0 Å². The number of rotatable bonds is 11. The summed E-state index contributed by atoms with van der Waals surface area (Å²) in [5.74, 6) is -4.81. The number of carbonyl (C=O) groups excluding carboxylic acids is 4. The van der Waals surface area contributed by atoms with Crippen LogP contribution in [-0.2, 0) is 25.6 Å². The van der Waals surface area contributed by atoms with Gasteiger partial charge in [0.15, 0.2) is 5.79 Å². The third-order valence-corrected chi connectivity index (χ3v) is 4.97. The number of amides is 4. The summed E-state index contributed by atoms with van der Waals surface area (Å²) < 4.78 is 0. The van der Waals surface area contributed by atoms with E-state index in [-0.39, 0.29) is 6.42 Å². The number of carbonyl (C=O) groups is 4. The lowest BCUT2D eigenvalue weighted by molar-refractivity contribution is -0.169. The highest BCUT2D eigenvalue weighted by atomic mass is 16.5. The summed E-state index contributed by atoms with van der Waals surface area (Å²) in [6.45, 7) is 6.36. The first-order chi connectivity index (χ1) is 15.2. The van der Waals surface area contributed by atoms with Crippen LogP contribution in [0.3, 0.4) is 0 Å². The number of nitrogens with one attached hydrogen (secondary N) is 4. The first kappa shape index (κ1) is 28.0. The maximum absolute atomic E-state index is 12.7. The van der Waals surface area contributed by atoms with Crippen LogP contribution in [0.25, 0.3) is 0 Å². The number of benzene rings is 1. The number of hydrogen-bond acceptors (Lipinski definition) is 7. The molecule has 1 rings (SSSR count). The summed E-state index contributed by atoms with van der Waals surface area (Å²) in [5.41, 5.74) is 0.809. The molecule has 11 nitrogen and oxygen atoms in total. The van der Waals surface area contributed by atoms with E-state index in [0.717, 1.165) is 12.5 Å². The summed E-state index contributed by atoms with van der Waals surface area (Å²) in [7, 11) is 0. The molecular formula is C22H34N4O7. The van der Waals surface area contributed by atoms with Crippen LogP contribution in [0.2, 0.25) is 0 Å². The van der Waals surface area contributed by atoms with E-state index in [1.54, 1.807) is 24.3 Å². The Balaban J connectivity index is 2.82. The zero-order valence-corrected chi connectivity index (χ0v) is 19.5. The predicted octanol–water partition coefficient (Wildman–Crippen LogP) is -1.69. The van der Waals surface area contributed by atoms with Gasteiger partial charge in [-0.3, -0.25) is 19.2 Å². The second-order valence-electron chi connectivity index (χ2n) is 8.22. The van der Waals surface area contributed by atoms with Crippen LogP contribution in [0.15, 0.2) is 30.3 Å². The number of aliphatic hydroxyl groups excluding tert-OH is 1. The molecule has 33 heavy (non-hydrogen) atoms. The van der Waals surface area contributed by atoms with Gasteiger partial charge in [0.2, 0.25) is 23.6 Å². The molecule has 0 aliphatic heterocycles. The van der Waals surface area contributed by atoms with Crippen molar-refractivity contribution >= 4 is 23.6 Å². The fourth-order valence-corrected chi connectivity index (χ4v) is 2.81. The minimum absolute atomic E-state index is 0.207. The predicted molar refractivity (Wildman–Crippen MR) is 119 cm³/mol. The van der Waals surface area contributed by atoms with E-state index in [1.165, 1.54) is 27.7 Å². The molecule has 0 aromatic heterocycles. The molecule has 4 amide bonds. The largest absolute Gasteiger partial charge is 0.391 e. The van der Waals surface area contributed by atoms with Crippen molar-refractivity contribution in [3.63, 3.8) is 0 Å². The van der Waals surface area contributed by atoms with Gasteiger partial charge in [0, 0.05) is 13.3 Å². The Hall–Kier alpha value is -3.02. The summed E-state index contributed by atoms with van der Waals surface area (Å²) in [4.78, 5) is 49.3. The molecule has 0 aliphatic carbocycles. The molecule has 184 valence electrons. The standard InChI is InChI=1S/C22H34N4O7/c1-12(19(29)26-18(13(2)27)21(31)24-14(3)22(5,32)33)23-20(30)17(25-15(4)28)11-16-9-7-6-8-10-16/h6-10,12-14,17-18,27,32-33H,11H2,1-5H3,(H,23,30)(H,24,31)(H,25,28)(H,26,29)/t12-,13+,14-,17-,18-/m0/s1. The first-order valence-corrected chi connectivity index (χ1v) is 10.6. The lowest BCUT2D eigenvalue weighted by Gasteiger charge is -2.29. The molecule has 1 aromatic rings. The average molecular weight is 467 g/mol. The number of hydrogen-bond donors (Lipinski definition) is 7. The highest BCUT2D eigenvalue weighted by Gasteiger charge is 2.33. The van der Waals surface area contributed by atoms with E-state index in [0.29, 0.717) is 0 Å². The molecular weight excluding hydrogens is 432 g/mol. The van der Waals surface area contributed by atoms with Crippen LogP contribution >= 0.6 is 0 Å². The third-order valence-electron chi connectivity index (χ3n) is 4.97. The smallest absolute Gasteiger partial charge is 0.245 e. The van der Waals surface area contributed by atoms with Gasteiger partial charge in [0.25, 0.3) is 0 Å².